The van der Waals surface area contributed by atoms with Crippen molar-refractivity contribution < 1.29 is 99.2 Å². The average molecular weight is 788 g/mol. The smallest absolute Gasteiger partial charge is 0.187 e. The highest BCUT2D eigenvalue weighted by molar-refractivity contribution is 5.00. The van der Waals surface area contributed by atoms with E-state index in [0.717, 1.165) is 0 Å². The second-order valence-corrected chi connectivity index (χ2v) is 15.7. The summed E-state index contributed by atoms with van der Waals surface area (Å²) in [6, 6.07) is 0. The maximum absolute atomic E-state index is 11.1. The van der Waals surface area contributed by atoms with E-state index in [9.17, 15) is 61.3 Å². The third-order valence-corrected chi connectivity index (χ3v) is 12.2. The molecule has 4 saturated heterocycles. The molecule has 0 bridgehead atoms. The Balaban J connectivity index is 1.21. The SMILES string of the molecule is COC1CC(C2[OH+]C3CC(O)CC(OC4OC(CO)C(O)C(O)C4O)C3CC2OC2OC(COC3OC(C)C(O)C(O)C3O)C(O)C(O)C2O)CCC1O. The van der Waals surface area contributed by atoms with Gasteiger partial charge in [0.05, 0.1) is 49.7 Å². The number of ether oxygens (including phenoxy) is 8. The number of aliphatic hydroxyl groups excluding tert-OH is 12. The largest absolute Gasteiger partial charge is 0.427 e. The topological polar surface area (TPSA) is 320 Å². The van der Waals surface area contributed by atoms with Crippen molar-refractivity contribution in [3.63, 3.8) is 0 Å². The molecule has 0 spiro atoms. The molecule has 6 fully saturated rings. The molecule has 20 nitrogen and oxygen atoms in total. The van der Waals surface area contributed by atoms with Crippen molar-refractivity contribution in [2.24, 2.45) is 11.8 Å². The minimum Gasteiger partial charge on any atom is -0.427 e. The second kappa shape index (κ2) is 18.0. The lowest BCUT2D eigenvalue weighted by molar-refractivity contribution is -0.370. The van der Waals surface area contributed by atoms with Crippen molar-refractivity contribution in [2.75, 3.05) is 20.3 Å². The van der Waals surface area contributed by atoms with Crippen molar-refractivity contribution in [2.45, 2.75) is 180 Å². The van der Waals surface area contributed by atoms with Crippen LogP contribution in [-0.2, 0) is 33.2 Å². The maximum atomic E-state index is 11.1. The molecule has 4 aliphatic heterocycles. The first kappa shape index (κ1) is 42.8. The van der Waals surface area contributed by atoms with Crippen LogP contribution in [0.1, 0.15) is 45.4 Å². The summed E-state index contributed by atoms with van der Waals surface area (Å²) in [7, 11) is 1.50. The van der Waals surface area contributed by atoms with Crippen LogP contribution in [0.25, 0.3) is 0 Å². The minimum absolute atomic E-state index is 0.0801. The Hall–Kier alpha value is -0.800. The summed E-state index contributed by atoms with van der Waals surface area (Å²) in [4.78, 5) is 0. The van der Waals surface area contributed by atoms with Gasteiger partial charge in [0.1, 0.15) is 73.2 Å². The van der Waals surface area contributed by atoms with Crippen molar-refractivity contribution in [1.29, 1.82) is 0 Å². The fourth-order valence-electron chi connectivity index (χ4n) is 8.90. The van der Waals surface area contributed by atoms with Crippen LogP contribution in [0.3, 0.4) is 0 Å². The number of hydrogen-bond acceptors (Lipinski definition) is 19. The van der Waals surface area contributed by atoms with Crippen LogP contribution in [0.15, 0.2) is 0 Å². The number of fused-ring (bicyclic) bond motifs is 1. The lowest BCUT2D eigenvalue weighted by Crippen LogP contribution is -2.64. The number of rotatable bonds is 10. The fraction of sp³-hybridized carbons (Fsp3) is 1.00. The van der Waals surface area contributed by atoms with E-state index in [1.165, 1.54) is 14.0 Å². The zero-order valence-electron chi connectivity index (χ0n) is 30.2. The molecule has 0 radical (unpaired) electrons. The number of aliphatic hydroxyl groups is 14. The fourth-order valence-corrected chi connectivity index (χ4v) is 8.90. The van der Waals surface area contributed by atoms with Gasteiger partial charge < -0.3 is 99.2 Å². The zero-order valence-corrected chi connectivity index (χ0v) is 30.2. The Morgan fingerprint density at radius 2 is 1.19 bits per heavy atom. The predicted molar refractivity (Wildman–Crippen MR) is 176 cm³/mol. The van der Waals surface area contributed by atoms with Crippen molar-refractivity contribution in [1.82, 2.24) is 0 Å². The van der Waals surface area contributed by atoms with E-state index in [1.54, 1.807) is 0 Å². The highest BCUT2D eigenvalue weighted by Gasteiger charge is 2.57. The molecule has 0 amide bonds. The first-order valence-corrected chi connectivity index (χ1v) is 18.8. The van der Waals surface area contributed by atoms with Gasteiger partial charge in [-0.1, -0.05) is 0 Å². The molecular formula is C34H59O20+. The first-order valence-electron chi connectivity index (χ1n) is 18.8. The van der Waals surface area contributed by atoms with E-state index in [-0.39, 0.29) is 25.2 Å². The molecule has 0 aromatic carbocycles. The van der Waals surface area contributed by atoms with Crippen LogP contribution in [0.2, 0.25) is 0 Å². The minimum atomic E-state index is -1.78. The van der Waals surface area contributed by atoms with Gasteiger partial charge >= 0.3 is 0 Å². The summed E-state index contributed by atoms with van der Waals surface area (Å²) in [5, 5.41) is 126. The normalized spacial score (nSPS) is 54.6. The maximum Gasteiger partial charge on any atom is 0.187 e. The summed E-state index contributed by atoms with van der Waals surface area (Å²) < 4.78 is 46.0. The molecule has 13 N–H and O–H groups in total. The van der Waals surface area contributed by atoms with Gasteiger partial charge in [0, 0.05) is 25.9 Å². The summed E-state index contributed by atoms with van der Waals surface area (Å²) in [6.45, 7) is 0.315. The Morgan fingerprint density at radius 3 is 1.83 bits per heavy atom. The number of methoxy groups -OCH3 is 1. The predicted octanol–water partition coefficient (Wildman–Crippen LogP) is -6.18. The Bertz CT molecular complexity index is 1190. The molecule has 6 aliphatic rings. The van der Waals surface area contributed by atoms with Crippen LogP contribution in [0.5, 0.6) is 0 Å². The highest BCUT2D eigenvalue weighted by Crippen LogP contribution is 2.44. The molecule has 4 heterocycles. The average Bonchev–Trinajstić information content (AvgIpc) is 3.15. The van der Waals surface area contributed by atoms with Gasteiger partial charge in [-0.25, -0.2) is 0 Å². The zero-order chi connectivity index (χ0) is 39.2. The van der Waals surface area contributed by atoms with E-state index in [4.69, 9.17) is 37.9 Å². The molecule has 20 heteroatoms. The summed E-state index contributed by atoms with van der Waals surface area (Å²) in [6.07, 6.45) is -25.6. The van der Waals surface area contributed by atoms with Crippen LogP contribution < -0.4 is 0 Å². The molecular weight excluding hydrogens is 728 g/mol. The molecule has 314 valence electrons. The Morgan fingerprint density at radius 1 is 0.593 bits per heavy atom. The molecule has 6 rings (SSSR count). The number of hydrogen-bond donors (Lipinski definition) is 12. The van der Waals surface area contributed by atoms with Crippen molar-refractivity contribution in [3.8, 4) is 0 Å². The van der Waals surface area contributed by atoms with E-state index in [2.05, 4.69) is 0 Å². The summed E-state index contributed by atoms with van der Waals surface area (Å²) >= 11 is 0. The van der Waals surface area contributed by atoms with Crippen LogP contribution in [-0.4, -0.2) is 221 Å². The third-order valence-electron chi connectivity index (χ3n) is 12.2. The van der Waals surface area contributed by atoms with Crippen molar-refractivity contribution >= 4 is 0 Å². The van der Waals surface area contributed by atoms with Crippen LogP contribution in [0, 0.1) is 11.8 Å². The lowest BCUT2D eigenvalue weighted by atomic mass is 9.72. The molecule has 54 heavy (non-hydrogen) atoms. The van der Waals surface area contributed by atoms with Gasteiger partial charge in [-0.2, -0.15) is 0 Å². The van der Waals surface area contributed by atoms with Gasteiger partial charge in [0.2, 0.25) is 0 Å². The summed E-state index contributed by atoms with van der Waals surface area (Å²) in [5.41, 5.74) is 0. The standard InChI is InChI=1S/C34H58O20/c1-11-22(38)25(41)28(44)32(49-11)48-10-21-24(40)27(43)30(46)34(54-21)52-19-8-14-16(50-31(19)12-3-4-15(37)18(5-12)47-2)6-13(36)7-17(14)51-33-29(45)26(42)23(39)20(9-35)53-33/h11-46H,3-10H2,1-2H3/p+1. The second-order valence-electron chi connectivity index (χ2n) is 15.7. The summed E-state index contributed by atoms with van der Waals surface area (Å²) in [5.74, 6) is -0.684. The molecule has 24 atom stereocenters. The molecule has 0 aromatic rings. The van der Waals surface area contributed by atoms with E-state index >= 15 is 0 Å². The molecule has 2 saturated carbocycles. The van der Waals surface area contributed by atoms with Gasteiger partial charge in [-0.3, -0.25) is 0 Å². The first-order chi connectivity index (χ1) is 25.6. The van der Waals surface area contributed by atoms with E-state index < -0.39 is 154 Å². The highest BCUT2D eigenvalue weighted by atomic mass is 16.7. The molecule has 2 aliphatic carbocycles. The quantitative estimate of drug-likeness (QED) is 0.0917. The molecule has 24 unspecified atom stereocenters. The van der Waals surface area contributed by atoms with E-state index in [1.807, 2.05) is 0 Å². The van der Waals surface area contributed by atoms with Crippen LogP contribution in [0.4, 0.5) is 0 Å². The van der Waals surface area contributed by atoms with Gasteiger partial charge in [0.25, 0.3) is 0 Å². The van der Waals surface area contributed by atoms with Gasteiger partial charge in [-0.15, -0.1) is 0 Å². The van der Waals surface area contributed by atoms with E-state index in [0.29, 0.717) is 19.3 Å². The molecule has 0 aromatic heterocycles. The monoisotopic (exact) mass is 787 g/mol. The Kier molecular flexibility index (Phi) is 14.3. The lowest BCUT2D eigenvalue weighted by Gasteiger charge is -2.50. The Labute approximate surface area is 311 Å². The van der Waals surface area contributed by atoms with Gasteiger partial charge in [0.15, 0.2) is 31.1 Å². The van der Waals surface area contributed by atoms with Crippen LogP contribution >= 0.6 is 0 Å². The van der Waals surface area contributed by atoms with Crippen molar-refractivity contribution in [3.05, 3.63) is 0 Å². The van der Waals surface area contributed by atoms with Gasteiger partial charge in [-0.05, 0) is 32.6 Å². The third kappa shape index (κ3) is 8.78.